The predicted molar refractivity (Wildman–Crippen MR) is 139 cm³/mol. The number of esters is 1. The Bertz CT molecular complexity index is 1800. The van der Waals surface area contributed by atoms with E-state index in [4.69, 9.17) is 18.3 Å². The van der Waals surface area contributed by atoms with E-state index in [0.717, 1.165) is 0 Å². The maximum absolute atomic E-state index is 13.6. The molecule has 0 saturated carbocycles. The zero-order valence-corrected chi connectivity index (χ0v) is 20.4. The summed E-state index contributed by atoms with van der Waals surface area (Å²) >= 11 is 0. The number of hydrogen-bond acceptors (Lipinski definition) is 9. The number of carbonyl (C=O) groups is 1. The number of benzene rings is 3. The molecule has 9 nitrogen and oxygen atoms in total. The van der Waals surface area contributed by atoms with Gasteiger partial charge in [-0.25, -0.2) is 0 Å². The summed E-state index contributed by atoms with van der Waals surface area (Å²) in [5, 5.41) is 20.9. The summed E-state index contributed by atoms with van der Waals surface area (Å²) in [6.45, 7) is 0. The van der Waals surface area contributed by atoms with Gasteiger partial charge in [-0.3, -0.25) is 14.4 Å². The van der Waals surface area contributed by atoms with Crippen LogP contribution in [0.1, 0.15) is 23.5 Å². The van der Waals surface area contributed by atoms with Crippen LogP contribution in [0.25, 0.3) is 33.1 Å². The van der Waals surface area contributed by atoms with Gasteiger partial charge in [0.1, 0.15) is 34.7 Å². The number of methoxy groups -OCH3 is 2. The molecule has 0 aliphatic rings. The zero-order valence-electron chi connectivity index (χ0n) is 20.4. The molecule has 0 amide bonds. The number of ether oxygens (including phenoxy) is 2. The van der Waals surface area contributed by atoms with Gasteiger partial charge in [-0.15, -0.1) is 0 Å². The molecule has 2 heterocycles. The van der Waals surface area contributed by atoms with Crippen molar-refractivity contribution in [2.24, 2.45) is 0 Å². The Morgan fingerprint density at radius 3 is 2.37 bits per heavy atom. The topological polar surface area (TPSA) is 136 Å². The van der Waals surface area contributed by atoms with Gasteiger partial charge in [-0.2, -0.15) is 0 Å². The lowest BCUT2D eigenvalue weighted by molar-refractivity contribution is -0.140. The summed E-state index contributed by atoms with van der Waals surface area (Å²) in [4.78, 5) is 39.5. The normalized spacial score (nSPS) is 11.9. The Hall–Kier alpha value is -5.05. The molecule has 2 N–H and O–H groups in total. The fourth-order valence-electron chi connectivity index (χ4n) is 4.50. The van der Waals surface area contributed by atoms with Gasteiger partial charge in [0.15, 0.2) is 5.43 Å². The highest BCUT2D eigenvalue weighted by Crippen LogP contribution is 2.39. The Labute approximate surface area is 215 Å². The van der Waals surface area contributed by atoms with Crippen LogP contribution in [-0.4, -0.2) is 30.4 Å². The van der Waals surface area contributed by atoms with Crippen LogP contribution in [0, 0.1) is 0 Å². The smallest absolute Gasteiger partial charge is 0.306 e. The second-order valence-corrected chi connectivity index (χ2v) is 8.62. The van der Waals surface area contributed by atoms with Gasteiger partial charge in [-0.05, 0) is 48.0 Å². The summed E-state index contributed by atoms with van der Waals surface area (Å²) < 4.78 is 21.7. The SMILES string of the molecule is COC(=O)C[C@@H](c1coc2ccc(OC)cc2c1=O)c1c(O)ccc2c(=O)c(-c3ccc(O)cc3)coc12. The van der Waals surface area contributed by atoms with E-state index in [9.17, 15) is 24.6 Å². The molecule has 192 valence electrons. The number of phenolic OH excluding ortho intramolecular Hbond substituents is 2. The lowest BCUT2D eigenvalue weighted by Crippen LogP contribution is -2.19. The van der Waals surface area contributed by atoms with Crippen LogP contribution < -0.4 is 15.6 Å². The monoisotopic (exact) mass is 514 g/mol. The number of fused-ring (bicyclic) bond motifs is 2. The Morgan fingerprint density at radius 2 is 1.66 bits per heavy atom. The van der Waals surface area contributed by atoms with Crippen molar-refractivity contribution in [3.63, 3.8) is 0 Å². The first-order chi connectivity index (χ1) is 18.3. The summed E-state index contributed by atoms with van der Waals surface area (Å²) in [6.07, 6.45) is 2.13. The molecule has 0 fully saturated rings. The predicted octanol–water partition coefficient (Wildman–Crippen LogP) is 4.68. The third-order valence-electron chi connectivity index (χ3n) is 6.46. The number of hydrogen-bond donors (Lipinski definition) is 2. The Balaban J connectivity index is 1.76. The second-order valence-electron chi connectivity index (χ2n) is 8.62. The second kappa shape index (κ2) is 9.78. The summed E-state index contributed by atoms with van der Waals surface area (Å²) in [5.74, 6) is -1.52. The van der Waals surface area contributed by atoms with Crippen molar-refractivity contribution in [3.8, 4) is 28.4 Å². The van der Waals surface area contributed by atoms with Gasteiger partial charge in [0.2, 0.25) is 5.43 Å². The first-order valence-electron chi connectivity index (χ1n) is 11.6. The lowest BCUT2D eigenvalue weighted by atomic mass is 9.86. The van der Waals surface area contributed by atoms with E-state index in [1.54, 1.807) is 24.3 Å². The number of aromatic hydroxyl groups is 2. The molecule has 0 radical (unpaired) electrons. The van der Waals surface area contributed by atoms with Crippen molar-refractivity contribution in [1.82, 2.24) is 0 Å². The first kappa shape index (κ1) is 24.6. The molecular weight excluding hydrogens is 492 g/mol. The molecule has 5 aromatic rings. The molecule has 1 atom stereocenters. The van der Waals surface area contributed by atoms with E-state index in [-0.39, 0.29) is 51.0 Å². The van der Waals surface area contributed by atoms with Crippen LogP contribution in [0.15, 0.2) is 85.5 Å². The van der Waals surface area contributed by atoms with Gasteiger partial charge >= 0.3 is 5.97 Å². The van der Waals surface area contributed by atoms with Crippen LogP contribution in [0.2, 0.25) is 0 Å². The molecule has 38 heavy (non-hydrogen) atoms. The highest BCUT2D eigenvalue weighted by molar-refractivity contribution is 5.88. The molecule has 3 aromatic carbocycles. The largest absolute Gasteiger partial charge is 0.508 e. The summed E-state index contributed by atoms with van der Waals surface area (Å²) in [6, 6.07) is 13.5. The highest BCUT2D eigenvalue weighted by atomic mass is 16.5. The van der Waals surface area contributed by atoms with Crippen LogP contribution in [-0.2, 0) is 9.53 Å². The van der Waals surface area contributed by atoms with Crippen molar-refractivity contribution in [1.29, 1.82) is 0 Å². The van der Waals surface area contributed by atoms with Crippen LogP contribution in [0.4, 0.5) is 0 Å². The maximum atomic E-state index is 13.6. The van der Waals surface area contributed by atoms with Crippen LogP contribution in [0.5, 0.6) is 17.2 Å². The molecule has 0 unspecified atom stereocenters. The number of phenols is 2. The minimum Gasteiger partial charge on any atom is -0.508 e. The number of rotatable bonds is 6. The van der Waals surface area contributed by atoms with E-state index >= 15 is 0 Å². The third-order valence-corrected chi connectivity index (χ3v) is 6.46. The minimum atomic E-state index is -1.07. The van der Waals surface area contributed by atoms with Crippen LogP contribution >= 0.6 is 0 Å². The Morgan fingerprint density at radius 1 is 0.895 bits per heavy atom. The van der Waals surface area contributed by atoms with Gasteiger partial charge in [0.25, 0.3) is 0 Å². The molecule has 2 aromatic heterocycles. The van der Waals surface area contributed by atoms with Gasteiger partial charge in [-0.1, -0.05) is 12.1 Å². The van der Waals surface area contributed by atoms with E-state index < -0.39 is 22.7 Å². The minimum absolute atomic E-state index is 0.0107. The van der Waals surface area contributed by atoms with Gasteiger partial charge in [0.05, 0.1) is 43.2 Å². The van der Waals surface area contributed by atoms with E-state index in [2.05, 4.69) is 0 Å². The van der Waals surface area contributed by atoms with Crippen molar-refractivity contribution in [3.05, 3.63) is 98.7 Å². The van der Waals surface area contributed by atoms with Crippen molar-refractivity contribution in [2.75, 3.05) is 14.2 Å². The average molecular weight is 514 g/mol. The number of carbonyl (C=O) groups excluding carboxylic acids is 1. The maximum Gasteiger partial charge on any atom is 0.306 e. The first-order valence-corrected chi connectivity index (χ1v) is 11.6. The fourth-order valence-corrected chi connectivity index (χ4v) is 4.50. The van der Waals surface area contributed by atoms with E-state index in [1.165, 1.54) is 57.1 Å². The quantitative estimate of drug-likeness (QED) is 0.309. The summed E-state index contributed by atoms with van der Waals surface area (Å²) in [7, 11) is 2.68. The van der Waals surface area contributed by atoms with E-state index in [1.807, 2.05) is 0 Å². The van der Waals surface area contributed by atoms with Crippen molar-refractivity contribution in [2.45, 2.75) is 12.3 Å². The molecule has 0 spiro atoms. The highest BCUT2D eigenvalue weighted by Gasteiger charge is 2.29. The molecule has 0 bridgehead atoms. The van der Waals surface area contributed by atoms with Gasteiger partial charge < -0.3 is 28.5 Å². The molecule has 5 rings (SSSR count). The molecule has 9 heteroatoms. The Kier molecular flexibility index (Phi) is 6.34. The average Bonchev–Trinajstić information content (AvgIpc) is 2.93. The molecular formula is C29H22O9. The fraction of sp³-hybridized carbons (Fsp3) is 0.138. The zero-order chi connectivity index (χ0) is 27.0. The molecule has 0 saturated heterocycles. The van der Waals surface area contributed by atoms with Gasteiger partial charge in [0, 0.05) is 17.0 Å². The molecule has 0 aliphatic carbocycles. The molecule has 0 aliphatic heterocycles. The summed E-state index contributed by atoms with van der Waals surface area (Å²) in [5.41, 5.74) is 0.351. The van der Waals surface area contributed by atoms with Crippen molar-refractivity contribution < 1.29 is 33.3 Å². The standard InChI is InChI=1S/C29H22O9/c1-35-17-7-10-24-20(11-17)28(34)22(14-37-24)19(12-25(32)36-2)26-23(31)9-8-18-27(33)21(13-38-29(18)26)15-3-5-16(30)6-4-15/h3-11,13-14,19,30-31H,12H2,1-2H3/t19-/m0/s1. The third kappa shape index (κ3) is 4.24. The lowest BCUT2D eigenvalue weighted by Gasteiger charge is -2.19. The van der Waals surface area contributed by atoms with E-state index in [0.29, 0.717) is 16.9 Å². The van der Waals surface area contributed by atoms with Crippen LogP contribution in [0.3, 0.4) is 0 Å². The van der Waals surface area contributed by atoms with Crippen molar-refractivity contribution >= 4 is 27.9 Å².